The van der Waals surface area contributed by atoms with E-state index in [-0.39, 0.29) is 17.7 Å². The van der Waals surface area contributed by atoms with Crippen LogP contribution in [0.2, 0.25) is 0 Å². The van der Waals surface area contributed by atoms with Gasteiger partial charge in [-0.2, -0.15) is 0 Å². The number of aromatic hydroxyl groups is 1. The number of allylic oxidation sites excluding steroid dienone is 2. The molecule has 4 nitrogen and oxygen atoms in total. The molecule has 0 aliphatic heterocycles. The summed E-state index contributed by atoms with van der Waals surface area (Å²) in [7, 11) is 1.51. The van der Waals surface area contributed by atoms with Crippen LogP contribution in [0.15, 0.2) is 30.4 Å². The first-order valence-corrected chi connectivity index (χ1v) is 9.29. The zero-order valence-corrected chi connectivity index (χ0v) is 15.6. The van der Waals surface area contributed by atoms with E-state index >= 15 is 0 Å². The van der Waals surface area contributed by atoms with Gasteiger partial charge in [-0.15, -0.1) is 0 Å². The summed E-state index contributed by atoms with van der Waals surface area (Å²) in [5.74, 6) is 1.90. The van der Waals surface area contributed by atoms with Crippen LogP contribution < -0.4 is 10.1 Å². The Morgan fingerprint density at radius 2 is 2.04 bits per heavy atom. The maximum Gasteiger partial charge on any atom is 0.224 e. The van der Waals surface area contributed by atoms with Crippen molar-refractivity contribution in [3.8, 4) is 11.5 Å². The Balaban J connectivity index is 1.76. The van der Waals surface area contributed by atoms with E-state index in [1.807, 2.05) is 0 Å². The average molecular weight is 345 g/mol. The highest BCUT2D eigenvalue weighted by Gasteiger charge is 2.21. The van der Waals surface area contributed by atoms with Gasteiger partial charge in [-0.1, -0.05) is 32.1 Å². The summed E-state index contributed by atoms with van der Waals surface area (Å²) >= 11 is 0. The molecule has 1 aliphatic carbocycles. The number of phenols is 1. The van der Waals surface area contributed by atoms with Gasteiger partial charge in [0.05, 0.1) is 13.5 Å². The quantitative estimate of drug-likeness (QED) is 0.728. The van der Waals surface area contributed by atoms with Crippen LogP contribution in [-0.2, 0) is 11.2 Å². The Hall–Kier alpha value is -1.97. The smallest absolute Gasteiger partial charge is 0.224 e. The normalized spacial score (nSPS) is 20.8. The highest BCUT2D eigenvalue weighted by atomic mass is 16.5. The highest BCUT2D eigenvalue weighted by Crippen LogP contribution is 2.27. The third-order valence-corrected chi connectivity index (χ3v) is 4.76. The summed E-state index contributed by atoms with van der Waals surface area (Å²) < 4.78 is 5.09. The molecular weight excluding hydrogens is 314 g/mol. The van der Waals surface area contributed by atoms with E-state index in [0.29, 0.717) is 24.0 Å². The highest BCUT2D eigenvalue weighted by molar-refractivity contribution is 5.79. The monoisotopic (exact) mass is 345 g/mol. The van der Waals surface area contributed by atoms with E-state index in [2.05, 4.69) is 31.3 Å². The van der Waals surface area contributed by atoms with Gasteiger partial charge < -0.3 is 15.2 Å². The number of phenolic OH excluding ortho intramolecular Hbond substituents is 1. The molecule has 0 aromatic heterocycles. The molecule has 1 aromatic rings. The minimum absolute atomic E-state index is 0.0338. The summed E-state index contributed by atoms with van der Waals surface area (Å²) in [5.41, 5.74) is 0.845. The van der Waals surface area contributed by atoms with Gasteiger partial charge in [0.1, 0.15) is 0 Å². The van der Waals surface area contributed by atoms with Crippen molar-refractivity contribution in [1.82, 2.24) is 5.32 Å². The lowest BCUT2D eigenvalue weighted by Gasteiger charge is -2.27. The molecule has 0 atom stereocenters. The summed E-state index contributed by atoms with van der Waals surface area (Å²) in [6.45, 7) is 4.47. The molecule has 0 heterocycles. The Labute approximate surface area is 151 Å². The van der Waals surface area contributed by atoms with Crippen LogP contribution in [-0.4, -0.2) is 24.2 Å². The maximum atomic E-state index is 12.3. The topological polar surface area (TPSA) is 58.6 Å². The molecule has 0 radical (unpaired) electrons. The fraction of sp³-hybridized carbons (Fsp3) is 0.571. The molecule has 4 heteroatoms. The molecule has 0 saturated heterocycles. The Morgan fingerprint density at radius 1 is 1.32 bits per heavy atom. The lowest BCUT2D eigenvalue weighted by atomic mass is 9.85. The standard InChI is InChI=1S/C21H31NO3/c1-15(2)5-4-6-16-7-10-18(11-8-16)22-21(24)14-17-9-12-19(23)20(13-17)25-3/h4,6,9,12-13,15-16,18,23H,5,7-8,10-11,14H2,1-3H3,(H,22,24)/b6-4+/t16-,18+. The van der Waals surface area contributed by atoms with Gasteiger partial charge >= 0.3 is 0 Å². The van der Waals surface area contributed by atoms with Crippen molar-refractivity contribution < 1.29 is 14.6 Å². The van der Waals surface area contributed by atoms with Gasteiger partial charge in [-0.25, -0.2) is 0 Å². The minimum atomic E-state index is 0.0338. The number of rotatable bonds is 7. The van der Waals surface area contributed by atoms with Crippen molar-refractivity contribution in [1.29, 1.82) is 0 Å². The third-order valence-electron chi connectivity index (χ3n) is 4.76. The molecule has 2 rings (SSSR count). The predicted octanol–water partition coefficient (Wildman–Crippen LogP) is 4.22. The van der Waals surface area contributed by atoms with Crippen molar-refractivity contribution in [2.24, 2.45) is 11.8 Å². The molecule has 1 aromatic carbocycles. The third kappa shape index (κ3) is 6.45. The Morgan fingerprint density at radius 3 is 2.68 bits per heavy atom. The second-order valence-electron chi connectivity index (χ2n) is 7.42. The molecule has 1 saturated carbocycles. The summed E-state index contributed by atoms with van der Waals surface area (Å²) in [6, 6.07) is 5.32. The van der Waals surface area contributed by atoms with E-state index in [1.54, 1.807) is 18.2 Å². The number of ether oxygens (including phenoxy) is 1. The zero-order valence-electron chi connectivity index (χ0n) is 15.6. The molecule has 138 valence electrons. The average Bonchev–Trinajstić information content (AvgIpc) is 2.58. The van der Waals surface area contributed by atoms with Crippen LogP contribution in [0.25, 0.3) is 0 Å². The molecule has 2 N–H and O–H groups in total. The fourth-order valence-corrected chi connectivity index (χ4v) is 3.30. The van der Waals surface area contributed by atoms with E-state index in [0.717, 1.165) is 37.7 Å². The number of methoxy groups -OCH3 is 1. The van der Waals surface area contributed by atoms with E-state index in [1.165, 1.54) is 7.11 Å². The molecule has 25 heavy (non-hydrogen) atoms. The van der Waals surface area contributed by atoms with Crippen LogP contribution in [0.4, 0.5) is 0 Å². The number of nitrogens with one attached hydrogen (secondary N) is 1. The molecule has 0 spiro atoms. The van der Waals surface area contributed by atoms with E-state index in [9.17, 15) is 9.90 Å². The lowest BCUT2D eigenvalue weighted by molar-refractivity contribution is -0.121. The predicted molar refractivity (Wildman–Crippen MR) is 101 cm³/mol. The van der Waals surface area contributed by atoms with Crippen LogP contribution in [0, 0.1) is 11.8 Å². The van der Waals surface area contributed by atoms with Crippen LogP contribution in [0.1, 0.15) is 51.5 Å². The second-order valence-corrected chi connectivity index (χ2v) is 7.42. The summed E-state index contributed by atoms with van der Waals surface area (Å²) in [5, 5.41) is 12.8. The zero-order chi connectivity index (χ0) is 18.2. The van der Waals surface area contributed by atoms with Gasteiger partial charge in [-0.05, 0) is 61.6 Å². The first-order valence-electron chi connectivity index (χ1n) is 9.29. The van der Waals surface area contributed by atoms with E-state index in [4.69, 9.17) is 4.74 Å². The van der Waals surface area contributed by atoms with Crippen molar-refractivity contribution in [3.05, 3.63) is 35.9 Å². The maximum absolute atomic E-state index is 12.3. The molecule has 1 aliphatic rings. The van der Waals surface area contributed by atoms with Crippen molar-refractivity contribution >= 4 is 5.91 Å². The number of amides is 1. The van der Waals surface area contributed by atoms with Gasteiger partial charge in [0.15, 0.2) is 11.5 Å². The molecule has 0 bridgehead atoms. The number of carbonyl (C=O) groups is 1. The molecular formula is C21H31NO3. The number of benzene rings is 1. The minimum Gasteiger partial charge on any atom is -0.504 e. The molecule has 1 amide bonds. The van der Waals surface area contributed by atoms with Crippen LogP contribution in [0.3, 0.4) is 0 Å². The van der Waals surface area contributed by atoms with Crippen molar-refractivity contribution in [2.45, 2.75) is 58.4 Å². The largest absolute Gasteiger partial charge is 0.504 e. The number of hydrogen-bond acceptors (Lipinski definition) is 3. The number of carbonyl (C=O) groups excluding carboxylic acids is 1. The second kappa shape index (κ2) is 9.50. The van der Waals surface area contributed by atoms with Gasteiger partial charge in [-0.3, -0.25) is 4.79 Å². The van der Waals surface area contributed by atoms with Crippen LogP contribution >= 0.6 is 0 Å². The SMILES string of the molecule is COc1cc(CC(=O)N[C@H]2CC[C@@H](/C=C/CC(C)C)CC2)ccc1O. The summed E-state index contributed by atoms with van der Waals surface area (Å²) in [6.07, 6.45) is 10.5. The first-order chi connectivity index (χ1) is 12.0. The van der Waals surface area contributed by atoms with Crippen LogP contribution in [0.5, 0.6) is 11.5 Å². The van der Waals surface area contributed by atoms with E-state index < -0.39 is 0 Å². The fourth-order valence-electron chi connectivity index (χ4n) is 3.30. The van der Waals surface area contributed by atoms with Crippen molar-refractivity contribution in [2.75, 3.05) is 7.11 Å². The first kappa shape index (κ1) is 19.4. The van der Waals surface area contributed by atoms with Gasteiger partial charge in [0, 0.05) is 6.04 Å². The summed E-state index contributed by atoms with van der Waals surface area (Å²) in [4.78, 5) is 12.3. The lowest BCUT2D eigenvalue weighted by Crippen LogP contribution is -2.38. The Kier molecular flexibility index (Phi) is 7.35. The Bertz CT molecular complexity index is 587. The molecule has 0 unspecified atom stereocenters. The molecule has 1 fully saturated rings. The van der Waals surface area contributed by atoms with Gasteiger partial charge in [0.2, 0.25) is 5.91 Å². The van der Waals surface area contributed by atoms with Crippen molar-refractivity contribution in [3.63, 3.8) is 0 Å². The van der Waals surface area contributed by atoms with Gasteiger partial charge in [0.25, 0.3) is 0 Å². The number of hydrogen-bond donors (Lipinski definition) is 2.